The van der Waals surface area contributed by atoms with Crippen molar-refractivity contribution in [2.24, 2.45) is 11.3 Å². The Labute approximate surface area is 216 Å². The Hall–Kier alpha value is -2.08. The molecule has 1 aromatic carbocycles. The molecule has 0 aromatic heterocycles. The molecular formula is C28H43ClN2O4. The Balaban J connectivity index is 2.06. The number of nitrogens with one attached hydrogen (secondary N) is 1. The zero-order valence-corrected chi connectivity index (χ0v) is 23.3. The summed E-state index contributed by atoms with van der Waals surface area (Å²) in [7, 11) is 0. The van der Waals surface area contributed by atoms with Gasteiger partial charge in [0.2, 0.25) is 5.91 Å². The molecule has 7 heteroatoms. The van der Waals surface area contributed by atoms with Crippen LogP contribution in [0.5, 0.6) is 0 Å². The molecule has 2 amide bonds. The summed E-state index contributed by atoms with van der Waals surface area (Å²) in [6, 6.07) is 5.13. The van der Waals surface area contributed by atoms with Gasteiger partial charge in [0.25, 0.3) is 0 Å². The Kier molecular flexibility index (Phi) is 10.2. The van der Waals surface area contributed by atoms with Crippen LogP contribution in [0.1, 0.15) is 91.7 Å². The summed E-state index contributed by atoms with van der Waals surface area (Å²) in [4.78, 5) is 40.6. The molecule has 1 N–H and O–H groups in total. The third-order valence-corrected chi connectivity index (χ3v) is 6.69. The second-order valence-corrected chi connectivity index (χ2v) is 12.1. The lowest BCUT2D eigenvalue weighted by molar-refractivity contribution is -0.144. The number of carbonyl (C=O) groups is 3. The number of ketones is 1. The van der Waals surface area contributed by atoms with E-state index in [1.54, 1.807) is 6.07 Å². The molecule has 0 bridgehead atoms. The number of aryl methyl sites for hydroxylation is 1. The van der Waals surface area contributed by atoms with Crippen LogP contribution in [-0.2, 0) is 27.3 Å². The number of rotatable bonds is 9. The fraction of sp³-hybridized carbons (Fsp3) is 0.679. The molecule has 1 fully saturated rings. The highest BCUT2D eigenvalue weighted by Gasteiger charge is 2.40. The molecule has 1 heterocycles. The van der Waals surface area contributed by atoms with Crippen molar-refractivity contribution in [1.29, 1.82) is 0 Å². The molecule has 2 atom stereocenters. The number of alkyl carbamates (subject to hydrolysis) is 1. The number of halogens is 1. The van der Waals surface area contributed by atoms with E-state index in [1.165, 1.54) is 0 Å². The van der Waals surface area contributed by atoms with Gasteiger partial charge in [-0.05, 0) is 75.1 Å². The molecule has 2 rings (SSSR count). The number of likely N-dealkylation sites (tertiary alicyclic amines) is 1. The van der Waals surface area contributed by atoms with Gasteiger partial charge in [0.15, 0.2) is 5.78 Å². The number of amides is 2. The van der Waals surface area contributed by atoms with Gasteiger partial charge < -0.3 is 15.0 Å². The summed E-state index contributed by atoms with van der Waals surface area (Å²) >= 11 is 6.23. The van der Waals surface area contributed by atoms with Crippen LogP contribution < -0.4 is 5.32 Å². The smallest absolute Gasteiger partial charge is 0.407 e. The second-order valence-electron chi connectivity index (χ2n) is 11.6. The third-order valence-electron chi connectivity index (χ3n) is 6.46. The molecule has 1 aliphatic rings. The summed E-state index contributed by atoms with van der Waals surface area (Å²) in [6.07, 6.45) is 3.67. The summed E-state index contributed by atoms with van der Waals surface area (Å²) in [5.41, 5.74) is 1.09. The first kappa shape index (κ1) is 29.2. The van der Waals surface area contributed by atoms with E-state index in [9.17, 15) is 14.4 Å². The number of hydrogen-bond donors (Lipinski definition) is 1. The molecule has 1 aliphatic heterocycles. The molecule has 1 aromatic rings. The van der Waals surface area contributed by atoms with Crippen molar-refractivity contribution < 1.29 is 19.1 Å². The Bertz CT molecular complexity index is 901. The van der Waals surface area contributed by atoms with Gasteiger partial charge in [0.1, 0.15) is 5.60 Å². The minimum absolute atomic E-state index is 0.0839. The van der Waals surface area contributed by atoms with Crippen LogP contribution in [0.15, 0.2) is 18.2 Å². The highest BCUT2D eigenvalue weighted by atomic mass is 35.5. The average molecular weight is 507 g/mol. The number of carbonyl (C=O) groups excluding carboxylic acids is 3. The number of nitrogens with zero attached hydrogens (tertiary/aromatic N) is 1. The lowest BCUT2D eigenvalue weighted by atomic mass is 9.77. The topological polar surface area (TPSA) is 75.7 Å². The number of hydrogen-bond acceptors (Lipinski definition) is 4. The van der Waals surface area contributed by atoms with Crippen molar-refractivity contribution >= 4 is 29.4 Å². The molecule has 6 nitrogen and oxygen atoms in total. The van der Waals surface area contributed by atoms with Crippen molar-refractivity contribution in [2.45, 2.75) is 105 Å². The number of ether oxygens (including phenoxy) is 1. The van der Waals surface area contributed by atoms with Gasteiger partial charge in [0, 0.05) is 30.5 Å². The molecule has 0 aliphatic carbocycles. The molecule has 0 saturated carbocycles. The normalized spacial score (nSPS) is 17.3. The average Bonchev–Trinajstić information content (AvgIpc) is 3.22. The maximum absolute atomic E-state index is 13.4. The lowest BCUT2D eigenvalue weighted by Gasteiger charge is -2.35. The summed E-state index contributed by atoms with van der Waals surface area (Å²) in [5, 5.41) is 3.36. The fourth-order valence-corrected chi connectivity index (χ4v) is 4.88. The minimum Gasteiger partial charge on any atom is -0.444 e. The molecule has 0 spiro atoms. The summed E-state index contributed by atoms with van der Waals surface area (Å²) in [6.45, 7) is 14.8. The molecule has 0 unspecified atom stereocenters. The highest BCUT2D eigenvalue weighted by molar-refractivity contribution is 6.30. The molecule has 196 valence electrons. The Morgan fingerprint density at radius 1 is 1.14 bits per heavy atom. The first-order chi connectivity index (χ1) is 16.2. The second kappa shape index (κ2) is 12.2. The van der Waals surface area contributed by atoms with E-state index in [2.05, 4.69) is 33.0 Å². The summed E-state index contributed by atoms with van der Waals surface area (Å²) in [5.74, 6) is 0.116. The van der Waals surface area contributed by atoms with E-state index in [1.807, 2.05) is 37.8 Å². The van der Waals surface area contributed by atoms with Gasteiger partial charge in [-0.25, -0.2) is 4.79 Å². The van der Waals surface area contributed by atoms with Crippen LogP contribution in [0.4, 0.5) is 4.79 Å². The molecule has 0 radical (unpaired) electrons. The number of benzene rings is 1. The van der Waals surface area contributed by atoms with Gasteiger partial charge in [0.05, 0.1) is 6.04 Å². The Morgan fingerprint density at radius 2 is 1.83 bits per heavy atom. The fourth-order valence-electron chi connectivity index (χ4n) is 4.69. The van der Waals surface area contributed by atoms with Crippen LogP contribution in [0.25, 0.3) is 0 Å². The van der Waals surface area contributed by atoms with Crippen LogP contribution in [0.3, 0.4) is 0 Å². The highest BCUT2D eigenvalue weighted by Crippen LogP contribution is 2.34. The molecule has 1 saturated heterocycles. The van der Waals surface area contributed by atoms with Crippen LogP contribution in [0, 0.1) is 11.3 Å². The predicted octanol–water partition coefficient (Wildman–Crippen LogP) is 6.32. The standard InChI is InChI=1S/C28H43ClN2O4/c1-8-10-22(27(2,3)4)25(33)31-16-9-11-23(31)24(32)15-13-19-17-21(29)14-12-20(19)18-30-26(34)35-28(5,6)7/h12,14,17,22-23H,8-11,13,15-16,18H2,1-7H3,(H,30,34)/t22-,23-/m0/s1. The zero-order chi connectivity index (χ0) is 26.4. The maximum Gasteiger partial charge on any atom is 0.407 e. The van der Waals surface area contributed by atoms with E-state index in [0.29, 0.717) is 24.4 Å². The van der Waals surface area contributed by atoms with Crippen molar-refractivity contribution in [3.05, 3.63) is 34.3 Å². The monoisotopic (exact) mass is 506 g/mol. The zero-order valence-electron chi connectivity index (χ0n) is 22.5. The van der Waals surface area contributed by atoms with Gasteiger partial charge in [-0.15, -0.1) is 0 Å². The largest absolute Gasteiger partial charge is 0.444 e. The maximum atomic E-state index is 13.4. The lowest BCUT2D eigenvalue weighted by Crippen LogP contribution is -2.46. The quantitative estimate of drug-likeness (QED) is 0.425. The van der Waals surface area contributed by atoms with E-state index in [4.69, 9.17) is 16.3 Å². The van der Waals surface area contributed by atoms with Crippen molar-refractivity contribution in [3.63, 3.8) is 0 Å². The van der Waals surface area contributed by atoms with Gasteiger partial charge in [-0.3, -0.25) is 9.59 Å². The summed E-state index contributed by atoms with van der Waals surface area (Å²) < 4.78 is 5.32. The van der Waals surface area contributed by atoms with Gasteiger partial charge in [-0.2, -0.15) is 0 Å². The SMILES string of the molecule is CCC[C@@H](C(=O)N1CCC[C@H]1C(=O)CCc1cc(Cl)ccc1CNC(=O)OC(C)(C)C)C(C)(C)C. The third kappa shape index (κ3) is 8.82. The van der Waals surface area contributed by atoms with Crippen LogP contribution in [0.2, 0.25) is 5.02 Å². The van der Waals surface area contributed by atoms with E-state index in [0.717, 1.165) is 36.8 Å². The van der Waals surface area contributed by atoms with Crippen molar-refractivity contribution in [2.75, 3.05) is 6.54 Å². The van der Waals surface area contributed by atoms with Crippen molar-refractivity contribution in [3.8, 4) is 0 Å². The first-order valence-corrected chi connectivity index (χ1v) is 13.2. The molecule has 35 heavy (non-hydrogen) atoms. The van der Waals surface area contributed by atoms with E-state index >= 15 is 0 Å². The van der Waals surface area contributed by atoms with Crippen LogP contribution >= 0.6 is 11.6 Å². The van der Waals surface area contributed by atoms with Gasteiger partial charge >= 0.3 is 6.09 Å². The van der Waals surface area contributed by atoms with Gasteiger partial charge in [-0.1, -0.05) is 51.8 Å². The minimum atomic E-state index is -0.576. The Morgan fingerprint density at radius 3 is 2.43 bits per heavy atom. The van der Waals surface area contributed by atoms with E-state index in [-0.39, 0.29) is 35.6 Å². The molecular weight excluding hydrogens is 464 g/mol. The van der Waals surface area contributed by atoms with Crippen molar-refractivity contribution in [1.82, 2.24) is 10.2 Å². The number of Topliss-reactive ketones (excluding diaryl/α,β-unsaturated/α-hetero) is 1. The predicted molar refractivity (Wildman–Crippen MR) is 140 cm³/mol. The van der Waals surface area contributed by atoms with Crippen LogP contribution in [-0.4, -0.2) is 40.9 Å². The first-order valence-electron chi connectivity index (χ1n) is 12.8. The van der Waals surface area contributed by atoms with E-state index < -0.39 is 11.7 Å².